The number of rotatable bonds is 7. The largest absolute Gasteiger partial charge is 0.491 e. The summed E-state index contributed by atoms with van der Waals surface area (Å²) in [6.07, 6.45) is 0.700. The molecule has 108 valence electrons. The first kappa shape index (κ1) is 16.5. The average molecular weight is 350 g/mol. The third-order valence-corrected chi connectivity index (χ3v) is 5.59. The van der Waals surface area contributed by atoms with Crippen LogP contribution in [0.5, 0.6) is 5.75 Å². The number of halogens is 1. The molecule has 0 unspecified atom stereocenters. The fourth-order valence-electron chi connectivity index (χ4n) is 1.56. The quantitative estimate of drug-likeness (QED) is 0.818. The van der Waals surface area contributed by atoms with Crippen LogP contribution < -0.4 is 10.5 Å². The Kier molecular flexibility index (Phi) is 6.29. The van der Waals surface area contributed by atoms with Crippen molar-refractivity contribution in [2.24, 2.45) is 5.73 Å². The van der Waals surface area contributed by atoms with Crippen LogP contribution >= 0.6 is 15.9 Å². The van der Waals surface area contributed by atoms with Crippen LogP contribution in [-0.2, 0) is 16.3 Å². The van der Waals surface area contributed by atoms with E-state index in [0.717, 1.165) is 10.0 Å². The zero-order valence-corrected chi connectivity index (χ0v) is 13.6. The third-order valence-electron chi connectivity index (χ3n) is 2.79. The topological polar surface area (TPSA) is 69.4 Å². The molecular formula is C13H20BrNO3S. The Morgan fingerprint density at radius 2 is 2.05 bits per heavy atom. The van der Waals surface area contributed by atoms with Crippen LogP contribution in [0.1, 0.15) is 19.4 Å². The molecule has 19 heavy (non-hydrogen) atoms. The molecule has 0 spiro atoms. The molecule has 0 aromatic heterocycles. The number of hydrogen-bond acceptors (Lipinski definition) is 4. The van der Waals surface area contributed by atoms with Crippen molar-refractivity contribution in [2.75, 3.05) is 18.9 Å². The van der Waals surface area contributed by atoms with Crippen LogP contribution in [0.15, 0.2) is 22.7 Å². The maximum Gasteiger partial charge on any atom is 0.155 e. The predicted octanol–water partition coefficient (Wildman–Crippen LogP) is 2.15. The molecule has 0 saturated carbocycles. The van der Waals surface area contributed by atoms with Crippen LogP contribution in [0.25, 0.3) is 0 Å². The summed E-state index contributed by atoms with van der Waals surface area (Å²) in [4.78, 5) is 0. The second-order valence-electron chi connectivity index (χ2n) is 4.53. The minimum Gasteiger partial charge on any atom is -0.491 e. The van der Waals surface area contributed by atoms with Gasteiger partial charge < -0.3 is 10.5 Å². The lowest BCUT2D eigenvalue weighted by molar-refractivity contribution is 0.335. The van der Waals surface area contributed by atoms with Gasteiger partial charge in [-0.2, -0.15) is 0 Å². The standard InChI is InChI=1S/C13H20BrNO3S/c1-10(2)19(16,17)9-8-18-13-11(6-7-15)4-3-5-12(13)14/h3-5,10H,6-9,15H2,1-2H3. The van der Waals surface area contributed by atoms with Gasteiger partial charge in [0, 0.05) is 0 Å². The lowest BCUT2D eigenvalue weighted by atomic mass is 10.1. The Hall–Kier alpha value is -0.590. The van der Waals surface area contributed by atoms with Crippen molar-refractivity contribution >= 4 is 25.8 Å². The molecule has 0 atom stereocenters. The molecule has 1 rings (SSSR count). The van der Waals surface area contributed by atoms with E-state index in [9.17, 15) is 8.42 Å². The molecular weight excluding hydrogens is 330 g/mol. The summed E-state index contributed by atoms with van der Waals surface area (Å²) in [5.74, 6) is 0.709. The summed E-state index contributed by atoms with van der Waals surface area (Å²) in [7, 11) is -3.07. The Bertz CT molecular complexity index is 515. The SMILES string of the molecule is CC(C)S(=O)(=O)CCOc1c(Br)cccc1CCN. The fraction of sp³-hybridized carbons (Fsp3) is 0.538. The molecule has 2 N–H and O–H groups in total. The molecule has 1 aromatic rings. The van der Waals surface area contributed by atoms with Crippen molar-refractivity contribution in [3.05, 3.63) is 28.2 Å². The van der Waals surface area contributed by atoms with Crippen molar-refractivity contribution in [3.63, 3.8) is 0 Å². The number of nitrogens with two attached hydrogens (primary N) is 1. The maximum atomic E-state index is 11.7. The molecule has 0 saturated heterocycles. The minimum absolute atomic E-state index is 0.0219. The van der Waals surface area contributed by atoms with E-state index in [1.165, 1.54) is 0 Å². The van der Waals surface area contributed by atoms with Crippen LogP contribution in [0.3, 0.4) is 0 Å². The molecule has 6 heteroatoms. The van der Waals surface area contributed by atoms with Crippen LogP contribution in [0, 0.1) is 0 Å². The zero-order chi connectivity index (χ0) is 14.5. The van der Waals surface area contributed by atoms with E-state index in [2.05, 4.69) is 15.9 Å². The van der Waals surface area contributed by atoms with Gasteiger partial charge in [-0.3, -0.25) is 0 Å². The summed E-state index contributed by atoms with van der Waals surface area (Å²) in [6.45, 7) is 4.03. The Labute approximate surface area is 123 Å². The molecule has 4 nitrogen and oxygen atoms in total. The van der Waals surface area contributed by atoms with E-state index in [4.69, 9.17) is 10.5 Å². The molecule has 1 aromatic carbocycles. The molecule has 0 aliphatic heterocycles. The van der Waals surface area contributed by atoms with E-state index in [1.54, 1.807) is 13.8 Å². The summed E-state index contributed by atoms with van der Waals surface area (Å²) in [5, 5.41) is -0.376. The summed E-state index contributed by atoms with van der Waals surface area (Å²) in [6, 6.07) is 5.71. The van der Waals surface area contributed by atoms with Crippen molar-refractivity contribution < 1.29 is 13.2 Å². The highest BCUT2D eigenvalue weighted by Gasteiger charge is 2.16. The maximum absolute atomic E-state index is 11.7. The molecule has 0 amide bonds. The van der Waals surface area contributed by atoms with Gasteiger partial charge in [-0.25, -0.2) is 8.42 Å². The number of benzene rings is 1. The fourth-order valence-corrected chi connectivity index (χ4v) is 2.87. The Morgan fingerprint density at radius 1 is 1.37 bits per heavy atom. The van der Waals surface area contributed by atoms with E-state index in [0.29, 0.717) is 18.7 Å². The number of para-hydroxylation sites is 1. The zero-order valence-electron chi connectivity index (χ0n) is 11.2. The van der Waals surface area contributed by atoms with Crippen LogP contribution in [0.2, 0.25) is 0 Å². The van der Waals surface area contributed by atoms with Crippen molar-refractivity contribution in [3.8, 4) is 5.75 Å². The van der Waals surface area contributed by atoms with Gasteiger partial charge in [0.15, 0.2) is 9.84 Å². The van der Waals surface area contributed by atoms with Gasteiger partial charge in [0.1, 0.15) is 12.4 Å². The molecule has 0 fully saturated rings. The Balaban J connectivity index is 2.73. The molecule has 0 radical (unpaired) electrons. The van der Waals surface area contributed by atoms with Crippen molar-refractivity contribution in [1.29, 1.82) is 0 Å². The average Bonchev–Trinajstić information content (AvgIpc) is 2.32. The molecule has 0 heterocycles. The highest BCUT2D eigenvalue weighted by Crippen LogP contribution is 2.29. The predicted molar refractivity (Wildman–Crippen MR) is 81.3 cm³/mol. The summed E-state index contributed by atoms with van der Waals surface area (Å²) < 4.78 is 29.9. The van der Waals surface area contributed by atoms with Gasteiger partial charge in [-0.05, 0) is 54.4 Å². The monoisotopic (exact) mass is 349 g/mol. The second kappa shape index (κ2) is 7.26. The highest BCUT2D eigenvalue weighted by atomic mass is 79.9. The number of hydrogen-bond donors (Lipinski definition) is 1. The minimum atomic E-state index is -3.07. The number of sulfone groups is 1. The van der Waals surface area contributed by atoms with Gasteiger partial charge in [-0.15, -0.1) is 0 Å². The van der Waals surface area contributed by atoms with E-state index < -0.39 is 9.84 Å². The van der Waals surface area contributed by atoms with Crippen molar-refractivity contribution in [1.82, 2.24) is 0 Å². The van der Waals surface area contributed by atoms with E-state index >= 15 is 0 Å². The van der Waals surface area contributed by atoms with Gasteiger partial charge in [0.2, 0.25) is 0 Å². The highest BCUT2D eigenvalue weighted by molar-refractivity contribution is 9.10. The van der Waals surface area contributed by atoms with Crippen LogP contribution in [0.4, 0.5) is 0 Å². The van der Waals surface area contributed by atoms with E-state index in [-0.39, 0.29) is 17.6 Å². The van der Waals surface area contributed by atoms with Gasteiger partial charge >= 0.3 is 0 Å². The first-order chi connectivity index (χ1) is 8.88. The lowest BCUT2D eigenvalue weighted by Gasteiger charge is -2.14. The molecule has 0 aliphatic carbocycles. The lowest BCUT2D eigenvalue weighted by Crippen LogP contribution is -2.22. The van der Waals surface area contributed by atoms with Gasteiger partial charge in [0.05, 0.1) is 15.5 Å². The smallest absolute Gasteiger partial charge is 0.155 e. The number of ether oxygens (including phenoxy) is 1. The van der Waals surface area contributed by atoms with Gasteiger partial charge in [-0.1, -0.05) is 12.1 Å². The summed E-state index contributed by atoms with van der Waals surface area (Å²) >= 11 is 3.41. The molecule has 0 bridgehead atoms. The first-order valence-corrected chi connectivity index (χ1v) is 8.71. The Morgan fingerprint density at radius 3 is 2.63 bits per heavy atom. The van der Waals surface area contributed by atoms with Crippen molar-refractivity contribution in [2.45, 2.75) is 25.5 Å². The summed E-state index contributed by atoms with van der Waals surface area (Å²) in [5.41, 5.74) is 6.54. The van der Waals surface area contributed by atoms with Crippen LogP contribution in [-0.4, -0.2) is 32.6 Å². The normalized spacial score (nSPS) is 11.8. The molecule has 0 aliphatic rings. The second-order valence-corrected chi connectivity index (χ2v) is 8.06. The van der Waals surface area contributed by atoms with E-state index in [1.807, 2.05) is 18.2 Å². The van der Waals surface area contributed by atoms with Gasteiger partial charge in [0.25, 0.3) is 0 Å². The third kappa shape index (κ3) is 4.78. The first-order valence-electron chi connectivity index (χ1n) is 6.20.